The normalized spacial score (nSPS) is 12.8. The highest BCUT2D eigenvalue weighted by Gasteiger charge is 2.16. The Bertz CT molecular complexity index is 1200. The molecule has 2 aromatic rings. The zero-order chi connectivity index (χ0) is 20.4. The number of hydrogen-bond donors (Lipinski definition) is 3. The third-order valence-corrected chi connectivity index (χ3v) is 5.63. The Morgan fingerprint density at radius 1 is 1.24 bits per heavy atom. The Kier molecular flexibility index (Phi) is 5.33. The smallest absolute Gasteiger partial charge is 0.328 e. The molecule has 3 N–H and O–H groups in total. The Labute approximate surface area is 176 Å². The van der Waals surface area contributed by atoms with Crippen molar-refractivity contribution in [2.24, 2.45) is 4.99 Å². The van der Waals surface area contributed by atoms with Gasteiger partial charge in [-0.05, 0) is 24.6 Å². The number of hydrogen-bond acceptors (Lipinski definition) is 5. The number of halogens is 1. The van der Waals surface area contributed by atoms with E-state index >= 15 is 0 Å². The van der Waals surface area contributed by atoms with Gasteiger partial charge in [0.25, 0.3) is 0 Å². The van der Waals surface area contributed by atoms with Gasteiger partial charge in [0, 0.05) is 5.56 Å². The zero-order valence-corrected chi connectivity index (χ0v) is 17.0. The van der Waals surface area contributed by atoms with Crippen LogP contribution in [0.5, 0.6) is 0 Å². The molecule has 29 heavy (non-hydrogen) atoms. The van der Waals surface area contributed by atoms with Gasteiger partial charge in [-0.3, -0.25) is 9.37 Å². The van der Waals surface area contributed by atoms with Crippen LogP contribution in [-0.4, -0.2) is 26.5 Å². The molecule has 2 aliphatic rings. The van der Waals surface area contributed by atoms with Crippen LogP contribution in [-0.2, 0) is 4.79 Å². The van der Waals surface area contributed by atoms with Gasteiger partial charge in [0.1, 0.15) is 17.6 Å². The van der Waals surface area contributed by atoms with Crippen molar-refractivity contribution in [2.75, 3.05) is 5.32 Å². The summed E-state index contributed by atoms with van der Waals surface area (Å²) in [6.45, 7) is 1.53. The Balaban J connectivity index is 1.67. The predicted molar refractivity (Wildman–Crippen MR) is 116 cm³/mol. The second kappa shape index (κ2) is 8.06. The van der Waals surface area contributed by atoms with E-state index in [-0.39, 0.29) is 0 Å². The van der Waals surface area contributed by atoms with Gasteiger partial charge in [-0.15, -0.1) is 0 Å². The van der Waals surface area contributed by atoms with E-state index in [0.717, 1.165) is 33.2 Å². The minimum absolute atomic E-state index is 0.526. The molecular weight excluding hydrogens is 408 g/mol. The van der Waals surface area contributed by atoms with E-state index in [1.165, 1.54) is 18.5 Å². The van der Waals surface area contributed by atoms with E-state index < -0.39 is 12.0 Å². The predicted octanol–water partition coefficient (Wildman–Crippen LogP) is 5.01. The lowest BCUT2D eigenvalue weighted by molar-refractivity contribution is -0.138. The fourth-order valence-electron chi connectivity index (χ4n) is 2.89. The van der Waals surface area contributed by atoms with Gasteiger partial charge in [-0.2, -0.15) is 0 Å². The molecule has 0 bridgehead atoms. The van der Waals surface area contributed by atoms with E-state index in [2.05, 4.69) is 19.7 Å². The average molecular weight is 425 g/mol. The van der Waals surface area contributed by atoms with Crippen LogP contribution in [0.15, 0.2) is 65.8 Å². The maximum absolute atomic E-state index is 11.0. The van der Waals surface area contributed by atoms with Crippen molar-refractivity contribution in [3.8, 4) is 21.7 Å². The van der Waals surface area contributed by atoms with Crippen molar-refractivity contribution >= 4 is 40.6 Å². The van der Waals surface area contributed by atoms with E-state index in [1.807, 2.05) is 54.6 Å². The quantitative estimate of drug-likeness (QED) is 0.420. The van der Waals surface area contributed by atoms with Crippen molar-refractivity contribution in [2.45, 2.75) is 13.0 Å². The lowest BCUT2D eigenvalue weighted by Gasteiger charge is -2.11. The molecule has 2 aliphatic heterocycles. The second-order valence-electron chi connectivity index (χ2n) is 6.42. The molecule has 0 aromatic heterocycles. The summed E-state index contributed by atoms with van der Waals surface area (Å²) < 4.78 is 3.20. The molecule has 0 amide bonds. The number of pyridine rings is 1. The molecule has 6 nitrogen and oxygen atoms in total. The first-order valence-corrected chi connectivity index (χ1v) is 10.1. The van der Waals surface area contributed by atoms with Crippen molar-refractivity contribution in [3.05, 3.63) is 71.2 Å². The van der Waals surface area contributed by atoms with Gasteiger partial charge in [-0.25, -0.2) is 9.78 Å². The Hall–Kier alpha value is -3.16. The summed E-state index contributed by atoms with van der Waals surface area (Å²) >= 11 is 8.05. The molecule has 8 heteroatoms. The highest BCUT2D eigenvalue weighted by molar-refractivity contribution is 7.10. The van der Waals surface area contributed by atoms with E-state index in [9.17, 15) is 4.79 Å². The number of aliphatic carboxylic acids is 1. The molecule has 0 aliphatic carbocycles. The molecule has 0 radical (unpaired) electrons. The number of carboxylic acid groups (broad SMARTS) is 1. The number of nitrogens with zero attached hydrogens (tertiary/aromatic N) is 2. The number of aromatic nitrogens is 2. The van der Waals surface area contributed by atoms with Crippen molar-refractivity contribution in [3.63, 3.8) is 0 Å². The lowest BCUT2D eigenvalue weighted by atomic mass is 10.1. The van der Waals surface area contributed by atoms with Crippen LogP contribution in [0, 0.1) is 0 Å². The molecule has 2 heterocycles. The third kappa shape index (κ3) is 4.01. The number of carboxylic acids is 1. The number of benzene rings is 2. The minimum atomic E-state index is -0.974. The van der Waals surface area contributed by atoms with Crippen LogP contribution in [0.25, 0.3) is 21.7 Å². The molecule has 146 valence electrons. The van der Waals surface area contributed by atoms with Crippen molar-refractivity contribution in [1.82, 2.24) is 9.36 Å². The topological polar surface area (TPSA) is 90.4 Å². The average Bonchev–Trinajstić information content (AvgIpc) is 3.12. The number of aromatic amines is 1. The number of fused-ring (bicyclic) bond motifs is 1. The zero-order valence-electron chi connectivity index (χ0n) is 15.4. The van der Waals surface area contributed by atoms with Gasteiger partial charge in [0.05, 0.1) is 27.1 Å². The first kappa shape index (κ1) is 19.2. The highest BCUT2D eigenvalue weighted by atomic mass is 35.5. The van der Waals surface area contributed by atoms with E-state index in [1.54, 1.807) is 6.20 Å². The monoisotopic (exact) mass is 424 g/mol. The van der Waals surface area contributed by atoms with E-state index in [4.69, 9.17) is 16.7 Å². The summed E-state index contributed by atoms with van der Waals surface area (Å²) in [6.07, 6.45) is 1.56. The van der Waals surface area contributed by atoms with Crippen LogP contribution in [0.3, 0.4) is 0 Å². The third-order valence-electron chi connectivity index (χ3n) is 4.38. The summed E-state index contributed by atoms with van der Waals surface area (Å²) in [5.41, 5.74) is 3.47. The molecule has 0 saturated heterocycles. The largest absolute Gasteiger partial charge is 0.480 e. The first-order valence-electron chi connectivity index (χ1n) is 8.88. The van der Waals surface area contributed by atoms with Gasteiger partial charge in [-0.1, -0.05) is 65.6 Å². The Morgan fingerprint density at radius 2 is 2.03 bits per heavy atom. The molecule has 1 atom stereocenters. The van der Waals surface area contributed by atoms with Gasteiger partial charge < -0.3 is 10.4 Å². The SMILES string of the molecule is CC(N=c1cnc2c(Nc3cccc(-c4ccccc4)c3Cl)[nH]sc-2c1)C(=O)O. The number of nitrogens with one attached hydrogen (secondary N) is 2. The number of carbonyl (C=O) groups is 1. The fourth-order valence-corrected chi connectivity index (χ4v) is 3.97. The van der Waals surface area contributed by atoms with Crippen LogP contribution >= 0.6 is 23.1 Å². The van der Waals surface area contributed by atoms with Gasteiger partial charge in [0.15, 0.2) is 0 Å². The summed E-state index contributed by atoms with van der Waals surface area (Å²) in [5, 5.41) is 13.5. The lowest BCUT2D eigenvalue weighted by Crippen LogP contribution is -2.18. The highest BCUT2D eigenvalue weighted by Crippen LogP contribution is 2.38. The second-order valence-corrected chi connectivity index (χ2v) is 7.65. The van der Waals surface area contributed by atoms with Crippen LogP contribution < -0.4 is 10.7 Å². The molecule has 0 fully saturated rings. The van der Waals surface area contributed by atoms with Crippen LogP contribution in [0.1, 0.15) is 6.92 Å². The number of H-pyrrole nitrogens is 1. The maximum Gasteiger partial charge on any atom is 0.328 e. The molecule has 0 saturated carbocycles. The molecule has 4 rings (SSSR count). The minimum Gasteiger partial charge on any atom is -0.480 e. The van der Waals surface area contributed by atoms with Gasteiger partial charge >= 0.3 is 5.97 Å². The standard InChI is InChI=1S/C21H17ClN4O2S/c1-12(21(27)28)24-14-10-17-19(23-11-14)20(26-29-17)25-16-9-5-8-15(18(16)22)13-6-3-2-4-7-13/h2-12,25-26H,1H3,(H,27,28). The summed E-state index contributed by atoms with van der Waals surface area (Å²) in [7, 11) is 0. The Morgan fingerprint density at radius 3 is 2.79 bits per heavy atom. The summed E-state index contributed by atoms with van der Waals surface area (Å²) in [4.78, 5) is 20.5. The van der Waals surface area contributed by atoms with Crippen LogP contribution in [0.2, 0.25) is 5.02 Å². The summed E-state index contributed by atoms with van der Waals surface area (Å²) in [6, 6.07) is 16.8. The number of anilines is 2. The molecular formula is C21H17ClN4O2S. The fraction of sp³-hybridized carbons (Fsp3) is 0.0952. The molecule has 1 unspecified atom stereocenters. The number of rotatable bonds is 5. The summed E-state index contributed by atoms with van der Waals surface area (Å²) in [5.74, 6) is -0.256. The first-order chi connectivity index (χ1) is 14.0. The van der Waals surface area contributed by atoms with E-state index in [0.29, 0.717) is 10.4 Å². The molecule has 0 spiro atoms. The van der Waals surface area contributed by atoms with Gasteiger partial charge in [0.2, 0.25) is 0 Å². The van der Waals surface area contributed by atoms with Crippen molar-refractivity contribution < 1.29 is 9.90 Å². The van der Waals surface area contributed by atoms with Crippen LogP contribution in [0.4, 0.5) is 11.5 Å². The maximum atomic E-state index is 11.0. The van der Waals surface area contributed by atoms with Crippen molar-refractivity contribution in [1.29, 1.82) is 0 Å². The molecule has 2 aromatic carbocycles.